The van der Waals surface area contributed by atoms with Crippen molar-refractivity contribution in [3.05, 3.63) is 29.0 Å². The van der Waals surface area contributed by atoms with Crippen molar-refractivity contribution >= 4 is 5.95 Å². The van der Waals surface area contributed by atoms with Gasteiger partial charge in [-0.15, -0.1) is 5.10 Å². The van der Waals surface area contributed by atoms with Gasteiger partial charge < -0.3 is 10.5 Å². The van der Waals surface area contributed by atoms with E-state index < -0.39 is 0 Å². The van der Waals surface area contributed by atoms with Gasteiger partial charge in [0.15, 0.2) is 0 Å². The second kappa shape index (κ2) is 4.60. The summed E-state index contributed by atoms with van der Waals surface area (Å²) in [5.74, 6) is 1.09. The zero-order valence-electron chi connectivity index (χ0n) is 11.0. The molecule has 0 aliphatic heterocycles. The molecule has 0 atom stereocenters. The van der Waals surface area contributed by atoms with Crippen LogP contribution in [0.3, 0.4) is 0 Å². The van der Waals surface area contributed by atoms with Gasteiger partial charge in [-0.2, -0.15) is 5.10 Å². The minimum atomic E-state index is 0.179. The minimum Gasteiger partial charge on any atom is -0.496 e. The van der Waals surface area contributed by atoms with Crippen LogP contribution < -0.4 is 10.5 Å². The van der Waals surface area contributed by atoms with E-state index >= 15 is 0 Å². The first-order valence-electron chi connectivity index (χ1n) is 5.65. The van der Waals surface area contributed by atoms with Crippen molar-refractivity contribution in [3.8, 4) is 17.0 Å². The molecule has 2 aromatic rings. The Morgan fingerprint density at radius 2 is 1.89 bits per heavy atom. The summed E-state index contributed by atoms with van der Waals surface area (Å²) in [7, 11) is 1.68. The van der Waals surface area contributed by atoms with Gasteiger partial charge in [0.25, 0.3) is 0 Å². The van der Waals surface area contributed by atoms with Gasteiger partial charge in [-0.3, -0.25) is 0 Å². The standard InChI is InChI=1S/C13H16N4O/c1-7-5-10(8(2)9(3)12(7)18-4)11-6-15-17-13(14)16-11/h5-6H,1-4H3,(H2,14,16,17). The predicted octanol–water partition coefficient (Wildman–Crippen LogP) is 2.05. The maximum absolute atomic E-state index is 5.57. The summed E-state index contributed by atoms with van der Waals surface area (Å²) in [6.45, 7) is 6.07. The van der Waals surface area contributed by atoms with Crippen LogP contribution in [-0.4, -0.2) is 22.3 Å². The molecule has 5 nitrogen and oxygen atoms in total. The average molecular weight is 244 g/mol. The Labute approximate surface area is 106 Å². The normalized spacial score (nSPS) is 10.4. The Kier molecular flexibility index (Phi) is 3.14. The van der Waals surface area contributed by atoms with Gasteiger partial charge in [0, 0.05) is 5.56 Å². The highest BCUT2D eigenvalue weighted by Gasteiger charge is 2.13. The van der Waals surface area contributed by atoms with Crippen LogP contribution in [0.1, 0.15) is 16.7 Å². The van der Waals surface area contributed by atoms with Crippen molar-refractivity contribution in [1.82, 2.24) is 15.2 Å². The Morgan fingerprint density at radius 1 is 1.17 bits per heavy atom. The van der Waals surface area contributed by atoms with Gasteiger partial charge >= 0.3 is 0 Å². The Balaban J connectivity index is 2.66. The first-order chi connectivity index (χ1) is 8.54. The summed E-state index contributed by atoms with van der Waals surface area (Å²) in [4.78, 5) is 4.21. The highest BCUT2D eigenvalue weighted by Crippen LogP contribution is 2.33. The molecule has 1 aromatic heterocycles. The van der Waals surface area contributed by atoms with Crippen LogP contribution in [0.4, 0.5) is 5.95 Å². The van der Waals surface area contributed by atoms with Gasteiger partial charge in [-0.25, -0.2) is 4.98 Å². The van der Waals surface area contributed by atoms with E-state index in [0.717, 1.165) is 33.7 Å². The molecule has 0 aliphatic carbocycles. The fourth-order valence-electron chi connectivity index (χ4n) is 2.09. The Morgan fingerprint density at radius 3 is 2.50 bits per heavy atom. The summed E-state index contributed by atoms with van der Waals surface area (Å²) in [6, 6.07) is 2.03. The predicted molar refractivity (Wildman–Crippen MR) is 70.4 cm³/mol. The molecule has 0 radical (unpaired) electrons. The maximum atomic E-state index is 5.57. The monoisotopic (exact) mass is 244 g/mol. The van der Waals surface area contributed by atoms with Gasteiger partial charge in [-0.1, -0.05) is 0 Å². The number of anilines is 1. The largest absolute Gasteiger partial charge is 0.496 e. The number of hydrogen-bond donors (Lipinski definition) is 1. The van der Waals surface area contributed by atoms with Crippen LogP contribution in [-0.2, 0) is 0 Å². The molecule has 0 unspecified atom stereocenters. The topological polar surface area (TPSA) is 73.9 Å². The molecule has 18 heavy (non-hydrogen) atoms. The molecule has 94 valence electrons. The third-order valence-electron chi connectivity index (χ3n) is 3.08. The molecule has 0 saturated carbocycles. The van der Waals surface area contributed by atoms with Gasteiger partial charge in [0.05, 0.1) is 19.0 Å². The quantitative estimate of drug-likeness (QED) is 0.875. The number of nitrogens with zero attached hydrogens (tertiary/aromatic N) is 3. The van der Waals surface area contributed by atoms with Gasteiger partial charge in [-0.05, 0) is 43.5 Å². The summed E-state index contributed by atoms with van der Waals surface area (Å²) < 4.78 is 5.40. The van der Waals surface area contributed by atoms with Crippen molar-refractivity contribution in [2.45, 2.75) is 20.8 Å². The van der Waals surface area contributed by atoms with E-state index in [1.54, 1.807) is 13.3 Å². The molecular weight excluding hydrogens is 228 g/mol. The zero-order chi connectivity index (χ0) is 13.3. The number of benzene rings is 1. The van der Waals surface area contributed by atoms with Crippen LogP contribution in [0.2, 0.25) is 0 Å². The van der Waals surface area contributed by atoms with Crippen LogP contribution in [0.15, 0.2) is 12.3 Å². The molecule has 1 aromatic carbocycles. The molecule has 0 bridgehead atoms. The van der Waals surface area contributed by atoms with Crippen LogP contribution >= 0.6 is 0 Å². The molecule has 0 saturated heterocycles. The first-order valence-corrected chi connectivity index (χ1v) is 5.65. The summed E-state index contributed by atoms with van der Waals surface area (Å²) in [5, 5.41) is 7.50. The van der Waals surface area contributed by atoms with E-state index in [1.807, 2.05) is 26.8 Å². The van der Waals surface area contributed by atoms with Crippen LogP contribution in [0.25, 0.3) is 11.3 Å². The van der Waals surface area contributed by atoms with E-state index in [2.05, 4.69) is 15.2 Å². The number of rotatable bonds is 2. The molecular formula is C13H16N4O. The van der Waals surface area contributed by atoms with Gasteiger partial charge in [0.2, 0.25) is 5.95 Å². The molecule has 0 aliphatic rings. The average Bonchev–Trinajstić information content (AvgIpc) is 2.34. The number of nitrogen functional groups attached to an aromatic ring is 1. The molecule has 1 heterocycles. The minimum absolute atomic E-state index is 0.179. The fourth-order valence-corrected chi connectivity index (χ4v) is 2.09. The number of aromatic nitrogens is 3. The fraction of sp³-hybridized carbons (Fsp3) is 0.308. The number of ether oxygens (including phenoxy) is 1. The number of methoxy groups -OCH3 is 1. The van der Waals surface area contributed by atoms with Crippen LogP contribution in [0.5, 0.6) is 5.75 Å². The lowest BCUT2D eigenvalue weighted by Gasteiger charge is -2.15. The number of nitrogens with two attached hydrogens (primary N) is 1. The van der Waals surface area contributed by atoms with Crippen molar-refractivity contribution in [2.24, 2.45) is 0 Å². The molecule has 5 heteroatoms. The van der Waals surface area contributed by atoms with Crippen molar-refractivity contribution < 1.29 is 4.74 Å². The van der Waals surface area contributed by atoms with Crippen molar-refractivity contribution in [2.75, 3.05) is 12.8 Å². The lowest BCUT2D eigenvalue weighted by molar-refractivity contribution is 0.408. The lowest BCUT2D eigenvalue weighted by Crippen LogP contribution is -2.01. The third kappa shape index (κ3) is 1.99. The third-order valence-corrected chi connectivity index (χ3v) is 3.08. The highest BCUT2D eigenvalue weighted by molar-refractivity contribution is 5.68. The smallest absolute Gasteiger partial charge is 0.240 e. The SMILES string of the molecule is COc1c(C)cc(-c2cnnc(N)n2)c(C)c1C. The first kappa shape index (κ1) is 12.3. The summed E-state index contributed by atoms with van der Waals surface area (Å²) in [5.41, 5.74) is 10.6. The number of hydrogen-bond acceptors (Lipinski definition) is 5. The zero-order valence-corrected chi connectivity index (χ0v) is 11.0. The second-order valence-electron chi connectivity index (χ2n) is 4.22. The second-order valence-corrected chi connectivity index (χ2v) is 4.22. The summed E-state index contributed by atoms with van der Waals surface area (Å²) in [6.07, 6.45) is 1.62. The molecule has 0 spiro atoms. The van der Waals surface area contributed by atoms with E-state index in [0.29, 0.717) is 0 Å². The molecule has 0 fully saturated rings. The maximum Gasteiger partial charge on any atom is 0.240 e. The molecule has 2 rings (SSSR count). The molecule has 2 N–H and O–H groups in total. The van der Waals surface area contributed by atoms with Gasteiger partial charge in [0.1, 0.15) is 5.75 Å². The molecule has 0 amide bonds. The Hall–Kier alpha value is -2.17. The Bertz CT molecular complexity index is 596. The lowest BCUT2D eigenvalue weighted by atomic mass is 9.97. The van der Waals surface area contributed by atoms with E-state index in [-0.39, 0.29) is 5.95 Å². The van der Waals surface area contributed by atoms with E-state index in [1.165, 1.54) is 0 Å². The van der Waals surface area contributed by atoms with E-state index in [4.69, 9.17) is 10.5 Å². The summed E-state index contributed by atoms with van der Waals surface area (Å²) >= 11 is 0. The van der Waals surface area contributed by atoms with E-state index in [9.17, 15) is 0 Å². The highest BCUT2D eigenvalue weighted by atomic mass is 16.5. The van der Waals surface area contributed by atoms with Crippen molar-refractivity contribution in [1.29, 1.82) is 0 Å². The van der Waals surface area contributed by atoms with Crippen molar-refractivity contribution in [3.63, 3.8) is 0 Å². The van der Waals surface area contributed by atoms with Crippen LogP contribution in [0, 0.1) is 20.8 Å². The number of aryl methyl sites for hydroxylation is 1.